The summed E-state index contributed by atoms with van der Waals surface area (Å²) in [5, 5.41) is 14.4. The van der Waals surface area contributed by atoms with Crippen molar-refractivity contribution in [3.63, 3.8) is 0 Å². The monoisotopic (exact) mass is 405 g/mol. The summed E-state index contributed by atoms with van der Waals surface area (Å²) in [5.41, 5.74) is 1.12. The van der Waals surface area contributed by atoms with Crippen LogP contribution in [-0.4, -0.2) is 17.0 Å². The first kappa shape index (κ1) is 20.7. The molecule has 0 spiro atoms. The lowest BCUT2D eigenvalue weighted by Crippen LogP contribution is -2.14. The van der Waals surface area contributed by atoms with E-state index < -0.39 is 5.97 Å². The topological polar surface area (TPSA) is 79.5 Å². The van der Waals surface area contributed by atoms with Crippen molar-refractivity contribution in [2.45, 2.75) is 26.7 Å². The molecule has 0 aliphatic heterocycles. The van der Waals surface area contributed by atoms with Gasteiger partial charge < -0.3 is 14.8 Å². The number of aromatic carboxylic acids is 1. The van der Waals surface area contributed by atoms with Crippen LogP contribution in [0.2, 0.25) is 5.02 Å². The van der Waals surface area contributed by atoms with E-state index in [1.807, 2.05) is 13.8 Å². The molecule has 0 radical (unpaired) electrons. The highest BCUT2D eigenvalue weighted by atomic mass is 35.5. The molecule has 27 heavy (non-hydrogen) atoms. The lowest BCUT2D eigenvalue weighted by Gasteiger charge is -2.06. The first-order chi connectivity index (χ1) is 13.0. The van der Waals surface area contributed by atoms with Gasteiger partial charge in [0.05, 0.1) is 16.8 Å². The number of anilines is 1. The minimum absolute atomic E-state index is 0.0821. The molecule has 142 valence electrons. The number of carboxylic acid groups (broad SMARTS) is 1. The Bertz CT molecular complexity index is 885. The number of aryl methyl sites for hydroxylation is 1. The van der Waals surface area contributed by atoms with Gasteiger partial charge in [0.15, 0.2) is 0 Å². The van der Waals surface area contributed by atoms with Crippen molar-refractivity contribution in [1.29, 1.82) is 0 Å². The van der Waals surface area contributed by atoms with Crippen molar-refractivity contribution < 1.29 is 19.1 Å². The van der Waals surface area contributed by atoms with Crippen molar-refractivity contribution in [2.24, 2.45) is 0 Å². The zero-order chi connectivity index (χ0) is 19.8. The molecule has 0 bridgehead atoms. The molecule has 1 amide bonds. The van der Waals surface area contributed by atoms with Crippen LogP contribution in [0.5, 0.6) is 0 Å². The third kappa shape index (κ3) is 5.45. The number of carbonyl (C=O) groups is 2. The van der Waals surface area contributed by atoms with Crippen molar-refractivity contribution in [2.75, 3.05) is 5.32 Å². The number of halogens is 1. The molecule has 0 aliphatic rings. The van der Waals surface area contributed by atoms with Crippen LogP contribution in [0, 0.1) is 0 Å². The molecule has 0 unspecified atom stereocenters. The second kappa shape index (κ2) is 9.94. The molecular formula is C20H20ClNO4S. The van der Waals surface area contributed by atoms with Gasteiger partial charge in [0.25, 0.3) is 0 Å². The lowest BCUT2D eigenvalue weighted by atomic mass is 10.1. The van der Waals surface area contributed by atoms with Crippen molar-refractivity contribution in [3.05, 3.63) is 64.4 Å². The number of carbonyl (C=O) groups excluding carboxylic acids is 1. The fraction of sp³-hybridized carbons (Fsp3) is 0.200. The number of nitrogens with one attached hydrogen (secondary N) is 1. The maximum absolute atomic E-state index is 12.1. The van der Waals surface area contributed by atoms with Gasteiger partial charge in [0.1, 0.15) is 11.3 Å². The van der Waals surface area contributed by atoms with Gasteiger partial charge in [-0.15, -0.1) is 11.3 Å². The summed E-state index contributed by atoms with van der Waals surface area (Å²) in [6.07, 6.45) is 2.21. The van der Waals surface area contributed by atoms with Gasteiger partial charge in [0, 0.05) is 23.2 Å². The number of benzene rings is 1. The average Bonchev–Trinajstić information content (AvgIpc) is 3.32. The number of carboxylic acids is 1. The van der Waals surface area contributed by atoms with Crippen LogP contribution in [0.25, 0.3) is 10.4 Å². The summed E-state index contributed by atoms with van der Waals surface area (Å²) in [6.45, 7) is 4.00. The van der Waals surface area contributed by atoms with E-state index in [2.05, 4.69) is 5.32 Å². The molecule has 3 aromatic rings. The van der Waals surface area contributed by atoms with Gasteiger partial charge in [-0.1, -0.05) is 37.6 Å². The average molecular weight is 406 g/mol. The molecule has 0 atom stereocenters. The number of hydrogen-bond acceptors (Lipinski definition) is 4. The van der Waals surface area contributed by atoms with E-state index in [9.17, 15) is 14.7 Å². The van der Waals surface area contributed by atoms with Crippen molar-refractivity contribution in [1.82, 2.24) is 0 Å². The summed E-state index contributed by atoms with van der Waals surface area (Å²) in [5.74, 6) is -0.646. The lowest BCUT2D eigenvalue weighted by molar-refractivity contribution is -0.116. The second-order valence-corrected chi connectivity index (χ2v) is 6.61. The largest absolute Gasteiger partial charge is 0.478 e. The summed E-state index contributed by atoms with van der Waals surface area (Å²) in [6, 6.07) is 10.5. The van der Waals surface area contributed by atoms with Crippen molar-refractivity contribution in [3.8, 4) is 10.4 Å². The number of thiophene rings is 1. The van der Waals surface area contributed by atoms with Gasteiger partial charge in [-0.05, 0) is 29.8 Å². The molecule has 2 heterocycles. The minimum Gasteiger partial charge on any atom is -0.478 e. The third-order valence-corrected chi connectivity index (χ3v) is 4.85. The van der Waals surface area contributed by atoms with Crippen LogP contribution in [-0.2, 0) is 11.2 Å². The Balaban J connectivity index is 0.00000126. The first-order valence-corrected chi connectivity index (χ1v) is 9.73. The second-order valence-electron chi connectivity index (χ2n) is 5.29. The van der Waals surface area contributed by atoms with Crippen molar-refractivity contribution >= 4 is 40.5 Å². The summed E-state index contributed by atoms with van der Waals surface area (Å²) in [4.78, 5) is 24.4. The smallest absolute Gasteiger partial charge is 0.339 e. The molecule has 0 saturated carbocycles. The van der Waals surface area contributed by atoms with Crippen LogP contribution in [0.4, 0.5) is 5.69 Å². The van der Waals surface area contributed by atoms with Crippen LogP contribution < -0.4 is 5.32 Å². The standard InChI is InChI=1S/C18H14ClNO4S.C2H6/c19-12-5-3-11(4-6-12)17-16(18(22)23)14(10-25-17)20-15(21)8-7-13-2-1-9-24-13;1-2/h1-6,9-10H,7-8H2,(H,20,21)(H,22,23);1-2H3. The molecule has 2 N–H and O–H groups in total. The number of hydrogen-bond donors (Lipinski definition) is 2. The van der Waals surface area contributed by atoms with Crippen LogP contribution in [0.15, 0.2) is 52.5 Å². The highest BCUT2D eigenvalue weighted by molar-refractivity contribution is 7.14. The molecule has 3 rings (SSSR count). The van der Waals surface area contributed by atoms with E-state index in [0.717, 1.165) is 5.56 Å². The van der Waals surface area contributed by atoms with Crippen LogP contribution in [0.3, 0.4) is 0 Å². The Labute approximate surface area is 166 Å². The third-order valence-electron chi connectivity index (χ3n) is 3.56. The molecule has 2 aromatic heterocycles. The Morgan fingerprint density at radius 3 is 2.48 bits per heavy atom. The van der Waals surface area contributed by atoms with Gasteiger partial charge in [-0.3, -0.25) is 4.79 Å². The predicted molar refractivity (Wildman–Crippen MR) is 109 cm³/mol. The minimum atomic E-state index is -1.09. The maximum Gasteiger partial charge on any atom is 0.339 e. The Hall–Kier alpha value is -2.57. The van der Waals surface area contributed by atoms with Gasteiger partial charge in [-0.25, -0.2) is 4.79 Å². The Morgan fingerprint density at radius 2 is 1.89 bits per heavy atom. The van der Waals surface area contributed by atoms with Gasteiger partial charge in [-0.2, -0.15) is 0 Å². The molecule has 0 fully saturated rings. The highest BCUT2D eigenvalue weighted by Crippen LogP contribution is 2.36. The Kier molecular flexibility index (Phi) is 7.64. The van der Waals surface area contributed by atoms with Gasteiger partial charge >= 0.3 is 5.97 Å². The van der Waals surface area contributed by atoms with Crippen LogP contribution >= 0.6 is 22.9 Å². The van der Waals surface area contributed by atoms with Gasteiger partial charge in [0.2, 0.25) is 5.91 Å². The quantitative estimate of drug-likeness (QED) is 0.530. The molecule has 0 saturated heterocycles. The fourth-order valence-corrected chi connectivity index (χ4v) is 3.51. The van der Waals surface area contributed by atoms with E-state index in [1.54, 1.807) is 48.0 Å². The zero-order valence-electron chi connectivity index (χ0n) is 15.0. The Morgan fingerprint density at radius 1 is 1.19 bits per heavy atom. The first-order valence-electron chi connectivity index (χ1n) is 8.47. The molecule has 1 aromatic carbocycles. The summed E-state index contributed by atoms with van der Waals surface area (Å²) < 4.78 is 5.18. The number of rotatable bonds is 6. The van der Waals surface area contributed by atoms with E-state index in [-0.39, 0.29) is 17.9 Å². The molecule has 0 aliphatic carbocycles. The van der Waals surface area contributed by atoms with E-state index in [4.69, 9.17) is 16.0 Å². The van der Waals surface area contributed by atoms with E-state index in [0.29, 0.717) is 27.8 Å². The predicted octanol–water partition coefficient (Wildman–Crippen LogP) is 5.96. The molecule has 5 nitrogen and oxygen atoms in total. The summed E-state index contributed by atoms with van der Waals surface area (Å²) >= 11 is 7.14. The normalized spacial score (nSPS) is 10.0. The summed E-state index contributed by atoms with van der Waals surface area (Å²) in [7, 11) is 0. The maximum atomic E-state index is 12.1. The number of furan rings is 1. The van der Waals surface area contributed by atoms with E-state index in [1.165, 1.54) is 11.3 Å². The molecular weight excluding hydrogens is 386 g/mol. The fourth-order valence-electron chi connectivity index (χ4n) is 2.38. The zero-order valence-corrected chi connectivity index (χ0v) is 16.6. The SMILES string of the molecule is CC.O=C(CCc1ccco1)Nc1csc(-c2ccc(Cl)cc2)c1C(=O)O. The molecule has 7 heteroatoms. The van der Waals surface area contributed by atoms with E-state index >= 15 is 0 Å². The highest BCUT2D eigenvalue weighted by Gasteiger charge is 2.21. The van der Waals surface area contributed by atoms with Crippen LogP contribution in [0.1, 0.15) is 36.4 Å². The number of amides is 1.